The molecule has 17 heavy (non-hydrogen) atoms. The third-order valence-corrected chi connectivity index (χ3v) is 2.38. The molecule has 4 N–H and O–H groups in total. The molecule has 3 amide bonds. The van der Waals surface area contributed by atoms with Gasteiger partial charge in [0, 0.05) is 20.0 Å². The number of nitrogens with one attached hydrogen (secondary N) is 1. The summed E-state index contributed by atoms with van der Waals surface area (Å²) in [4.78, 5) is 33.6. The molecule has 0 aliphatic rings. The van der Waals surface area contributed by atoms with Crippen molar-refractivity contribution in [1.82, 2.24) is 10.2 Å². The van der Waals surface area contributed by atoms with E-state index in [4.69, 9.17) is 10.8 Å². The first-order valence-electron chi connectivity index (χ1n) is 5.38. The van der Waals surface area contributed by atoms with Crippen LogP contribution in [-0.4, -0.2) is 47.5 Å². The van der Waals surface area contributed by atoms with E-state index in [9.17, 15) is 14.4 Å². The monoisotopic (exact) mass is 245 g/mol. The van der Waals surface area contributed by atoms with Crippen molar-refractivity contribution in [3.63, 3.8) is 0 Å². The molecule has 7 nitrogen and oxygen atoms in total. The van der Waals surface area contributed by atoms with Crippen LogP contribution in [0.15, 0.2) is 0 Å². The van der Waals surface area contributed by atoms with Gasteiger partial charge in [-0.05, 0) is 19.8 Å². The van der Waals surface area contributed by atoms with Crippen molar-refractivity contribution >= 4 is 17.9 Å². The Morgan fingerprint density at radius 3 is 2.41 bits per heavy atom. The maximum atomic E-state index is 11.4. The van der Waals surface area contributed by atoms with Crippen LogP contribution in [0.5, 0.6) is 0 Å². The number of carbonyl (C=O) groups is 3. The number of hydrogen-bond acceptors (Lipinski definition) is 3. The van der Waals surface area contributed by atoms with Crippen molar-refractivity contribution in [2.75, 3.05) is 13.6 Å². The van der Waals surface area contributed by atoms with Gasteiger partial charge in [0.15, 0.2) is 0 Å². The number of rotatable bonds is 7. The van der Waals surface area contributed by atoms with E-state index in [1.54, 1.807) is 0 Å². The van der Waals surface area contributed by atoms with Crippen molar-refractivity contribution in [2.24, 2.45) is 5.73 Å². The molecule has 0 saturated heterocycles. The highest BCUT2D eigenvalue weighted by atomic mass is 16.4. The summed E-state index contributed by atoms with van der Waals surface area (Å²) in [6, 6.07) is -1.32. The van der Waals surface area contributed by atoms with Crippen LogP contribution < -0.4 is 11.1 Å². The molecule has 1 atom stereocenters. The van der Waals surface area contributed by atoms with E-state index in [1.165, 1.54) is 14.0 Å². The molecular weight excluding hydrogens is 226 g/mol. The smallest absolute Gasteiger partial charge is 0.326 e. The predicted octanol–water partition coefficient (Wildman–Crippen LogP) is -0.243. The summed E-state index contributed by atoms with van der Waals surface area (Å²) in [6.45, 7) is 1.82. The molecule has 98 valence electrons. The number of aliphatic carboxylic acids is 1. The minimum atomic E-state index is -1.06. The first kappa shape index (κ1) is 15.2. The van der Waals surface area contributed by atoms with Gasteiger partial charge in [-0.15, -0.1) is 0 Å². The number of unbranched alkanes of at least 4 members (excludes halogenated alkanes) is 1. The fourth-order valence-corrected chi connectivity index (χ4v) is 1.09. The Morgan fingerprint density at radius 1 is 1.35 bits per heavy atom. The standard InChI is InChI=1S/C10H19N3O4/c1-7(9(15)16)13(2)10(17)12-6-4-3-5-8(11)14/h7H,3-6H2,1-2H3,(H2,11,14)(H,12,17)(H,15,16). The Morgan fingerprint density at radius 2 is 1.94 bits per heavy atom. The van der Waals surface area contributed by atoms with E-state index in [1.807, 2.05) is 0 Å². The molecule has 0 rings (SSSR count). The van der Waals surface area contributed by atoms with Crippen LogP contribution in [0.1, 0.15) is 26.2 Å². The molecular formula is C10H19N3O4. The average Bonchev–Trinajstić information content (AvgIpc) is 2.25. The zero-order chi connectivity index (χ0) is 13.4. The van der Waals surface area contributed by atoms with Crippen LogP contribution in [0.25, 0.3) is 0 Å². The lowest BCUT2D eigenvalue weighted by Crippen LogP contribution is -2.45. The van der Waals surface area contributed by atoms with Gasteiger partial charge in [-0.25, -0.2) is 9.59 Å². The number of nitrogens with two attached hydrogens (primary N) is 1. The third kappa shape index (κ3) is 6.39. The fourth-order valence-electron chi connectivity index (χ4n) is 1.09. The van der Waals surface area contributed by atoms with E-state index in [0.717, 1.165) is 4.90 Å². The van der Waals surface area contributed by atoms with Gasteiger partial charge in [0.1, 0.15) is 6.04 Å². The van der Waals surface area contributed by atoms with Crippen LogP contribution in [0.4, 0.5) is 4.79 Å². The molecule has 0 bridgehead atoms. The van der Waals surface area contributed by atoms with Crippen LogP contribution in [0.2, 0.25) is 0 Å². The summed E-state index contributed by atoms with van der Waals surface area (Å²) in [5.41, 5.74) is 4.96. The first-order chi connectivity index (χ1) is 7.86. The minimum Gasteiger partial charge on any atom is -0.480 e. The van der Waals surface area contributed by atoms with Gasteiger partial charge in [0.25, 0.3) is 0 Å². The number of carboxylic acid groups (broad SMARTS) is 1. The molecule has 1 unspecified atom stereocenters. The summed E-state index contributed by atoms with van der Waals surface area (Å²) < 4.78 is 0. The average molecular weight is 245 g/mol. The highest BCUT2D eigenvalue weighted by Crippen LogP contribution is 1.97. The summed E-state index contributed by atoms with van der Waals surface area (Å²) in [7, 11) is 1.41. The van der Waals surface area contributed by atoms with Crippen molar-refractivity contribution in [1.29, 1.82) is 0 Å². The minimum absolute atomic E-state index is 0.289. The van der Waals surface area contributed by atoms with Gasteiger partial charge in [-0.1, -0.05) is 0 Å². The lowest BCUT2D eigenvalue weighted by molar-refractivity contribution is -0.141. The molecule has 0 saturated carbocycles. The molecule has 7 heteroatoms. The quantitative estimate of drug-likeness (QED) is 0.537. The molecule has 0 aromatic rings. The molecule has 0 radical (unpaired) electrons. The van der Waals surface area contributed by atoms with Gasteiger partial charge in [0.2, 0.25) is 5.91 Å². The van der Waals surface area contributed by atoms with Crippen LogP contribution in [0, 0.1) is 0 Å². The van der Waals surface area contributed by atoms with Crippen molar-refractivity contribution < 1.29 is 19.5 Å². The van der Waals surface area contributed by atoms with Crippen LogP contribution in [-0.2, 0) is 9.59 Å². The third-order valence-electron chi connectivity index (χ3n) is 2.38. The van der Waals surface area contributed by atoms with E-state index < -0.39 is 18.0 Å². The zero-order valence-corrected chi connectivity index (χ0v) is 10.1. The number of carboxylic acids is 1. The van der Waals surface area contributed by atoms with Gasteiger partial charge >= 0.3 is 12.0 Å². The summed E-state index contributed by atoms with van der Waals surface area (Å²) in [5.74, 6) is -1.43. The van der Waals surface area contributed by atoms with Gasteiger partial charge in [-0.3, -0.25) is 4.79 Å². The maximum absolute atomic E-state index is 11.4. The highest BCUT2D eigenvalue weighted by Gasteiger charge is 2.20. The second-order valence-electron chi connectivity index (χ2n) is 3.78. The van der Waals surface area contributed by atoms with Gasteiger partial charge in [0.05, 0.1) is 0 Å². The Balaban J connectivity index is 3.79. The van der Waals surface area contributed by atoms with Crippen molar-refractivity contribution in [2.45, 2.75) is 32.2 Å². The second kappa shape index (κ2) is 7.48. The number of primary amides is 1. The molecule has 0 heterocycles. The summed E-state index contributed by atoms with van der Waals surface area (Å²) in [6.07, 6.45) is 1.52. The Bertz CT molecular complexity index is 293. The van der Waals surface area contributed by atoms with Crippen LogP contribution in [0.3, 0.4) is 0 Å². The zero-order valence-electron chi connectivity index (χ0n) is 10.1. The number of likely N-dealkylation sites (N-methyl/N-ethyl adjacent to an activating group) is 1. The van der Waals surface area contributed by atoms with Gasteiger partial charge in [-0.2, -0.15) is 0 Å². The number of amides is 3. The molecule has 0 spiro atoms. The SMILES string of the molecule is CC(C(=O)O)N(C)C(=O)NCCCCC(N)=O. The van der Waals surface area contributed by atoms with Crippen molar-refractivity contribution in [3.05, 3.63) is 0 Å². The van der Waals surface area contributed by atoms with Crippen LogP contribution >= 0.6 is 0 Å². The number of hydrogen-bond donors (Lipinski definition) is 3. The second-order valence-corrected chi connectivity index (χ2v) is 3.78. The Hall–Kier alpha value is -1.79. The number of carbonyl (C=O) groups excluding carboxylic acids is 2. The summed E-state index contributed by atoms with van der Waals surface area (Å²) in [5, 5.41) is 11.3. The molecule has 0 aromatic heterocycles. The summed E-state index contributed by atoms with van der Waals surface area (Å²) >= 11 is 0. The van der Waals surface area contributed by atoms with Gasteiger partial charge < -0.3 is 21.1 Å². The Labute approximate surface area is 100.0 Å². The first-order valence-corrected chi connectivity index (χ1v) is 5.38. The number of urea groups is 1. The lowest BCUT2D eigenvalue weighted by atomic mass is 10.2. The fraction of sp³-hybridized carbons (Fsp3) is 0.700. The molecule has 0 fully saturated rings. The number of nitrogens with zero attached hydrogens (tertiary/aromatic N) is 1. The Kier molecular flexibility index (Phi) is 6.69. The maximum Gasteiger partial charge on any atom is 0.326 e. The molecule has 0 aromatic carbocycles. The van der Waals surface area contributed by atoms with E-state index in [2.05, 4.69) is 5.32 Å². The predicted molar refractivity (Wildman–Crippen MR) is 61.3 cm³/mol. The largest absolute Gasteiger partial charge is 0.480 e. The topological polar surface area (TPSA) is 113 Å². The molecule has 0 aliphatic heterocycles. The van der Waals surface area contributed by atoms with E-state index in [0.29, 0.717) is 19.4 Å². The van der Waals surface area contributed by atoms with E-state index >= 15 is 0 Å². The molecule has 0 aliphatic carbocycles. The van der Waals surface area contributed by atoms with E-state index in [-0.39, 0.29) is 12.3 Å². The lowest BCUT2D eigenvalue weighted by Gasteiger charge is -2.21. The van der Waals surface area contributed by atoms with Crippen molar-refractivity contribution in [3.8, 4) is 0 Å². The highest BCUT2D eigenvalue weighted by molar-refractivity contribution is 5.82. The normalized spacial score (nSPS) is 11.6.